The van der Waals surface area contributed by atoms with Gasteiger partial charge in [0, 0.05) is 16.8 Å². The molecule has 2 aliphatic heterocycles. The van der Waals surface area contributed by atoms with Crippen LogP contribution in [0.1, 0.15) is 19.3 Å². The van der Waals surface area contributed by atoms with Crippen LogP contribution in [0, 0.1) is 0 Å². The SMILES string of the molecule is CN1c2ccccc2S2(CCCCC2)c2ccccc21. The fourth-order valence-corrected chi connectivity index (χ4v) is 8.40. The van der Waals surface area contributed by atoms with Crippen LogP contribution in [0.5, 0.6) is 0 Å². The highest BCUT2D eigenvalue weighted by molar-refractivity contribution is 8.34. The number of benzene rings is 2. The Kier molecular flexibility index (Phi) is 2.81. The Labute approximate surface area is 122 Å². The Hall–Kier alpha value is -1.41. The molecule has 0 amide bonds. The number of para-hydroxylation sites is 2. The van der Waals surface area contributed by atoms with E-state index in [1.165, 1.54) is 42.1 Å². The Morgan fingerprint density at radius 1 is 0.750 bits per heavy atom. The van der Waals surface area contributed by atoms with Crippen molar-refractivity contribution in [2.75, 3.05) is 23.5 Å². The van der Waals surface area contributed by atoms with Gasteiger partial charge in [0.05, 0.1) is 11.4 Å². The van der Waals surface area contributed by atoms with Crippen LogP contribution in [-0.4, -0.2) is 18.6 Å². The zero-order valence-corrected chi connectivity index (χ0v) is 12.8. The average Bonchev–Trinajstić information content (AvgIpc) is 2.54. The first-order valence-corrected chi connectivity index (χ1v) is 9.51. The number of rotatable bonds is 0. The van der Waals surface area contributed by atoms with Crippen LogP contribution in [0.2, 0.25) is 0 Å². The van der Waals surface area contributed by atoms with Crippen LogP contribution in [-0.2, 0) is 0 Å². The van der Waals surface area contributed by atoms with Gasteiger partial charge in [-0.05, 0) is 48.6 Å². The molecular formula is C18H21NS. The van der Waals surface area contributed by atoms with E-state index in [-0.39, 0.29) is 0 Å². The molecule has 2 aromatic rings. The number of anilines is 2. The van der Waals surface area contributed by atoms with E-state index < -0.39 is 10.0 Å². The minimum Gasteiger partial charge on any atom is -0.343 e. The molecule has 0 atom stereocenters. The summed E-state index contributed by atoms with van der Waals surface area (Å²) in [6.45, 7) is 0. The Morgan fingerprint density at radius 2 is 1.25 bits per heavy atom. The maximum absolute atomic E-state index is 2.39. The fourth-order valence-electron chi connectivity index (χ4n) is 3.79. The van der Waals surface area contributed by atoms with Gasteiger partial charge in [0.2, 0.25) is 0 Å². The first kappa shape index (κ1) is 12.3. The van der Waals surface area contributed by atoms with Crippen molar-refractivity contribution < 1.29 is 0 Å². The summed E-state index contributed by atoms with van der Waals surface area (Å²) in [6.07, 6.45) is 4.19. The smallest absolute Gasteiger partial charge is 0.0534 e. The molecule has 0 saturated carbocycles. The number of hydrogen-bond donors (Lipinski definition) is 0. The summed E-state index contributed by atoms with van der Waals surface area (Å²) >= 11 is 0. The molecule has 1 fully saturated rings. The molecule has 104 valence electrons. The van der Waals surface area contributed by atoms with Crippen LogP contribution < -0.4 is 4.90 Å². The normalized spacial score (nSPS) is 21.1. The highest BCUT2D eigenvalue weighted by Crippen LogP contribution is 2.71. The molecule has 2 aromatic carbocycles. The van der Waals surface area contributed by atoms with Gasteiger partial charge in [-0.3, -0.25) is 0 Å². The third-order valence-corrected chi connectivity index (χ3v) is 9.13. The zero-order chi connectivity index (χ0) is 13.6. The molecule has 2 heteroatoms. The molecule has 20 heavy (non-hydrogen) atoms. The van der Waals surface area contributed by atoms with Crippen LogP contribution >= 0.6 is 10.0 Å². The standard InChI is InChI=1S/C18H21NS/c1-19-15-9-3-5-11-17(15)20(13-7-2-8-14-20)18-12-6-4-10-16(18)19/h3-6,9-12H,2,7-8,13-14H2,1H3. The van der Waals surface area contributed by atoms with Crippen molar-refractivity contribution in [2.24, 2.45) is 0 Å². The molecule has 0 unspecified atom stereocenters. The third-order valence-electron chi connectivity index (χ3n) is 4.78. The third kappa shape index (κ3) is 1.58. The summed E-state index contributed by atoms with van der Waals surface area (Å²) in [6, 6.07) is 18.2. The molecule has 0 N–H and O–H groups in total. The first-order chi connectivity index (χ1) is 9.83. The predicted molar refractivity (Wildman–Crippen MR) is 88.7 cm³/mol. The molecule has 0 bridgehead atoms. The molecule has 0 aliphatic carbocycles. The monoisotopic (exact) mass is 283 g/mol. The van der Waals surface area contributed by atoms with Crippen molar-refractivity contribution in [3.05, 3.63) is 48.5 Å². The molecular weight excluding hydrogens is 262 g/mol. The Balaban J connectivity index is 2.01. The Morgan fingerprint density at radius 3 is 1.80 bits per heavy atom. The fraction of sp³-hybridized carbons (Fsp3) is 0.333. The summed E-state index contributed by atoms with van der Waals surface area (Å²) in [5.74, 6) is 2.77. The molecule has 1 saturated heterocycles. The van der Waals surface area contributed by atoms with Crippen LogP contribution in [0.25, 0.3) is 0 Å². The average molecular weight is 283 g/mol. The second-order valence-electron chi connectivity index (χ2n) is 5.85. The first-order valence-electron chi connectivity index (χ1n) is 7.53. The van der Waals surface area contributed by atoms with Crippen molar-refractivity contribution in [3.8, 4) is 0 Å². The minimum atomic E-state index is -0.792. The summed E-state index contributed by atoms with van der Waals surface area (Å²) in [7, 11) is 1.42. The summed E-state index contributed by atoms with van der Waals surface area (Å²) in [5.41, 5.74) is 2.87. The van der Waals surface area contributed by atoms with E-state index in [0.29, 0.717) is 0 Å². The van der Waals surface area contributed by atoms with Gasteiger partial charge in [-0.25, -0.2) is 0 Å². The van der Waals surface area contributed by atoms with Crippen molar-refractivity contribution in [1.82, 2.24) is 0 Å². The largest absolute Gasteiger partial charge is 0.343 e. The molecule has 1 nitrogen and oxygen atoms in total. The van der Waals surface area contributed by atoms with E-state index in [0.717, 1.165) is 0 Å². The lowest BCUT2D eigenvalue weighted by atomic mass is 10.2. The van der Waals surface area contributed by atoms with Crippen molar-refractivity contribution in [1.29, 1.82) is 0 Å². The van der Waals surface area contributed by atoms with Gasteiger partial charge in [0.25, 0.3) is 0 Å². The van der Waals surface area contributed by atoms with E-state index in [4.69, 9.17) is 0 Å². The lowest BCUT2D eigenvalue weighted by Gasteiger charge is -2.50. The molecule has 2 heterocycles. The minimum absolute atomic E-state index is 0.792. The highest BCUT2D eigenvalue weighted by Gasteiger charge is 2.38. The lowest BCUT2D eigenvalue weighted by Crippen LogP contribution is -2.25. The van der Waals surface area contributed by atoms with Gasteiger partial charge in [-0.2, -0.15) is 10.0 Å². The second-order valence-corrected chi connectivity index (χ2v) is 9.31. The summed E-state index contributed by atoms with van der Waals surface area (Å²) < 4.78 is 0. The van der Waals surface area contributed by atoms with E-state index in [9.17, 15) is 0 Å². The van der Waals surface area contributed by atoms with Gasteiger partial charge in [0.1, 0.15) is 0 Å². The van der Waals surface area contributed by atoms with Crippen molar-refractivity contribution in [2.45, 2.75) is 29.1 Å². The summed E-state index contributed by atoms with van der Waals surface area (Å²) in [5, 5.41) is 0. The van der Waals surface area contributed by atoms with E-state index in [1.807, 2.05) is 0 Å². The van der Waals surface area contributed by atoms with E-state index in [1.54, 1.807) is 9.79 Å². The molecule has 1 spiro atoms. The number of fused-ring (bicyclic) bond motifs is 4. The maximum atomic E-state index is 2.39. The molecule has 0 aromatic heterocycles. The highest BCUT2D eigenvalue weighted by atomic mass is 32.3. The van der Waals surface area contributed by atoms with Crippen LogP contribution in [0.4, 0.5) is 11.4 Å². The van der Waals surface area contributed by atoms with Gasteiger partial charge in [-0.1, -0.05) is 30.7 Å². The second kappa shape index (κ2) is 4.56. The van der Waals surface area contributed by atoms with Crippen molar-refractivity contribution >= 4 is 21.4 Å². The van der Waals surface area contributed by atoms with Crippen LogP contribution in [0.3, 0.4) is 0 Å². The van der Waals surface area contributed by atoms with Gasteiger partial charge in [-0.15, -0.1) is 0 Å². The topological polar surface area (TPSA) is 3.24 Å². The molecule has 0 radical (unpaired) electrons. The van der Waals surface area contributed by atoms with Gasteiger partial charge >= 0.3 is 0 Å². The van der Waals surface area contributed by atoms with Crippen molar-refractivity contribution in [3.63, 3.8) is 0 Å². The van der Waals surface area contributed by atoms with Gasteiger partial charge in [0.15, 0.2) is 0 Å². The van der Waals surface area contributed by atoms with E-state index in [2.05, 4.69) is 60.5 Å². The summed E-state index contributed by atoms with van der Waals surface area (Å²) in [4.78, 5) is 5.64. The maximum Gasteiger partial charge on any atom is 0.0534 e. The quantitative estimate of drug-likeness (QED) is 0.644. The zero-order valence-electron chi connectivity index (χ0n) is 12.0. The van der Waals surface area contributed by atoms with Gasteiger partial charge < -0.3 is 4.90 Å². The molecule has 4 rings (SSSR count). The number of nitrogens with zero attached hydrogens (tertiary/aromatic N) is 1. The predicted octanol–water partition coefficient (Wildman–Crippen LogP) is 5.17. The lowest BCUT2D eigenvalue weighted by molar-refractivity contribution is 0.749. The Bertz CT molecular complexity index is 594. The number of hydrogen-bond acceptors (Lipinski definition) is 1. The molecule has 2 aliphatic rings. The van der Waals surface area contributed by atoms with Crippen LogP contribution in [0.15, 0.2) is 58.3 Å². The van der Waals surface area contributed by atoms with E-state index >= 15 is 0 Å².